The molecule has 10 heavy (non-hydrogen) atoms. The molecule has 0 fully saturated rings. The topological polar surface area (TPSA) is 26.3 Å². The summed E-state index contributed by atoms with van der Waals surface area (Å²) in [5, 5.41) is 0. The molecule has 0 bridgehead atoms. The lowest BCUT2D eigenvalue weighted by Crippen LogP contribution is -2.38. The lowest BCUT2D eigenvalue weighted by Gasteiger charge is -2.20. The molecule has 0 aliphatic heterocycles. The van der Waals surface area contributed by atoms with Gasteiger partial charge >= 0.3 is 0 Å². The quantitative estimate of drug-likeness (QED) is 0.631. The first-order chi connectivity index (χ1) is 4.33. The molecule has 0 aliphatic carbocycles. The molecular formula is C5H16O2Si3. The average Bonchev–Trinajstić information content (AvgIpc) is 1.60. The van der Waals surface area contributed by atoms with E-state index in [2.05, 4.69) is 19.6 Å². The molecule has 1 atom stereocenters. The fraction of sp³-hybridized carbons (Fsp3) is 1.00. The van der Waals surface area contributed by atoms with E-state index in [-0.39, 0.29) is 0 Å². The zero-order valence-electron chi connectivity index (χ0n) is 7.39. The van der Waals surface area contributed by atoms with E-state index in [9.17, 15) is 4.46 Å². The Morgan fingerprint density at radius 3 is 1.90 bits per heavy atom. The van der Waals surface area contributed by atoms with Crippen molar-refractivity contribution < 1.29 is 8.58 Å². The molecule has 0 saturated heterocycles. The van der Waals surface area contributed by atoms with E-state index < -0.39 is 25.1 Å². The van der Waals surface area contributed by atoms with Crippen molar-refractivity contribution in [2.24, 2.45) is 0 Å². The van der Waals surface area contributed by atoms with Crippen molar-refractivity contribution in [2.75, 3.05) is 0 Å². The van der Waals surface area contributed by atoms with E-state index in [1.54, 1.807) is 0 Å². The molecule has 0 amide bonds. The summed E-state index contributed by atoms with van der Waals surface area (Å²) < 4.78 is 16.7. The van der Waals surface area contributed by atoms with Crippen LogP contribution < -0.4 is 0 Å². The molecule has 0 heterocycles. The molecule has 0 aromatic carbocycles. The first kappa shape index (κ1) is 10.4. The van der Waals surface area contributed by atoms with Crippen molar-refractivity contribution in [3.05, 3.63) is 0 Å². The van der Waals surface area contributed by atoms with Crippen molar-refractivity contribution in [3.63, 3.8) is 0 Å². The van der Waals surface area contributed by atoms with Crippen LogP contribution in [0.3, 0.4) is 0 Å². The van der Waals surface area contributed by atoms with Crippen LogP contribution in [-0.4, -0.2) is 25.1 Å². The first-order valence-electron chi connectivity index (χ1n) is 3.51. The van der Waals surface area contributed by atoms with Crippen molar-refractivity contribution in [1.29, 1.82) is 0 Å². The van der Waals surface area contributed by atoms with Crippen LogP contribution in [0.5, 0.6) is 0 Å². The summed E-state index contributed by atoms with van der Waals surface area (Å²) in [6.45, 7) is 10.3. The largest absolute Gasteiger partial charge is 0.455 e. The van der Waals surface area contributed by atoms with Crippen molar-refractivity contribution >= 4 is 25.1 Å². The predicted octanol–water partition coefficient (Wildman–Crippen LogP) is 1.32. The Hall–Kier alpha value is 0.411. The van der Waals surface area contributed by atoms with E-state index in [0.717, 1.165) is 0 Å². The summed E-state index contributed by atoms with van der Waals surface area (Å²) >= 11 is 0. The molecular weight excluding hydrogens is 176 g/mol. The van der Waals surface area contributed by atoms with E-state index >= 15 is 0 Å². The molecule has 0 aromatic rings. The molecule has 0 rings (SSSR count). The summed E-state index contributed by atoms with van der Waals surface area (Å²) in [4.78, 5) is 0. The monoisotopic (exact) mass is 192 g/mol. The van der Waals surface area contributed by atoms with Crippen LogP contribution in [0, 0.1) is 0 Å². The van der Waals surface area contributed by atoms with Crippen LogP contribution >= 0.6 is 0 Å². The highest BCUT2D eigenvalue weighted by atomic mass is 29.2. The molecule has 0 saturated carbocycles. The third-order valence-corrected chi connectivity index (χ3v) is 11.0. The Balaban J connectivity index is 3.80. The molecule has 2 nitrogen and oxygen atoms in total. The van der Waals surface area contributed by atoms with Crippen molar-refractivity contribution in [2.45, 2.75) is 32.7 Å². The van der Waals surface area contributed by atoms with Gasteiger partial charge in [0.25, 0.3) is 8.20 Å². The van der Waals surface area contributed by atoms with Gasteiger partial charge in [0.15, 0.2) is 8.32 Å². The highest BCUT2D eigenvalue weighted by Gasteiger charge is 2.22. The molecule has 1 unspecified atom stereocenters. The minimum atomic E-state index is -1.40. The SMILES string of the molecule is C[Si](=O)[SiH](C)O[Si](C)(C)C. The van der Waals surface area contributed by atoms with Gasteiger partial charge in [-0.15, -0.1) is 0 Å². The van der Waals surface area contributed by atoms with E-state index in [1.165, 1.54) is 0 Å². The highest BCUT2D eigenvalue weighted by Crippen LogP contribution is 2.04. The predicted molar refractivity (Wildman–Crippen MR) is 49.7 cm³/mol. The molecule has 0 N–H and O–H groups in total. The maximum atomic E-state index is 11.0. The first-order valence-corrected chi connectivity index (χ1v) is 12.3. The third kappa shape index (κ3) is 5.22. The van der Waals surface area contributed by atoms with Gasteiger partial charge in [0.1, 0.15) is 0 Å². The molecule has 0 radical (unpaired) electrons. The molecule has 0 aromatic heterocycles. The number of rotatable bonds is 3. The van der Waals surface area contributed by atoms with Gasteiger partial charge in [0, 0.05) is 0 Å². The Morgan fingerprint density at radius 2 is 1.80 bits per heavy atom. The molecule has 60 valence electrons. The van der Waals surface area contributed by atoms with E-state index in [0.29, 0.717) is 0 Å². The zero-order valence-corrected chi connectivity index (χ0v) is 10.5. The average molecular weight is 192 g/mol. The molecule has 5 heteroatoms. The van der Waals surface area contributed by atoms with Crippen LogP contribution in [0.25, 0.3) is 0 Å². The summed E-state index contributed by atoms with van der Waals surface area (Å²) in [5.41, 5.74) is 0. The zero-order chi connectivity index (χ0) is 8.36. The lowest BCUT2D eigenvalue weighted by molar-refractivity contribution is 0.553. The van der Waals surface area contributed by atoms with E-state index in [1.807, 2.05) is 13.1 Å². The van der Waals surface area contributed by atoms with Crippen LogP contribution in [0.15, 0.2) is 0 Å². The fourth-order valence-electron chi connectivity index (χ4n) is 0.613. The van der Waals surface area contributed by atoms with Crippen LogP contribution in [0.4, 0.5) is 0 Å². The van der Waals surface area contributed by atoms with E-state index in [4.69, 9.17) is 4.12 Å². The highest BCUT2D eigenvalue weighted by molar-refractivity contribution is 7.13. The summed E-state index contributed by atoms with van der Waals surface area (Å²) in [6.07, 6.45) is 0. The Bertz CT molecular complexity index is 129. The molecule has 0 spiro atoms. The van der Waals surface area contributed by atoms with Crippen LogP contribution in [0.1, 0.15) is 0 Å². The van der Waals surface area contributed by atoms with Gasteiger partial charge in [-0.2, -0.15) is 0 Å². The summed E-state index contributed by atoms with van der Waals surface area (Å²) in [7, 11) is -4.03. The Labute approximate surface area is 66.9 Å². The second kappa shape index (κ2) is 3.70. The van der Waals surface area contributed by atoms with Gasteiger partial charge in [0.2, 0.25) is 8.56 Å². The summed E-state index contributed by atoms with van der Waals surface area (Å²) in [5.74, 6) is 0. The smallest absolute Gasteiger partial charge is 0.281 e. The van der Waals surface area contributed by atoms with Gasteiger partial charge in [-0.05, 0) is 32.7 Å². The van der Waals surface area contributed by atoms with Crippen LogP contribution in [-0.2, 0) is 8.58 Å². The Morgan fingerprint density at radius 1 is 1.40 bits per heavy atom. The number of hydrogen-bond donors (Lipinski definition) is 0. The third-order valence-electron chi connectivity index (χ3n) is 1.10. The minimum absolute atomic E-state index is 1.29. The minimum Gasteiger partial charge on any atom is -0.455 e. The normalized spacial score (nSPS) is 14.9. The standard InChI is InChI=1S/C5H16O2Si3/c1-8(6)9(2)7-10(3,4)5/h9H,1-5H3. The maximum absolute atomic E-state index is 11.0. The lowest BCUT2D eigenvalue weighted by atomic mass is 11.8. The van der Waals surface area contributed by atoms with Crippen LogP contribution in [0.2, 0.25) is 32.7 Å². The van der Waals surface area contributed by atoms with Gasteiger partial charge in [-0.3, -0.25) is 0 Å². The Kier molecular flexibility index (Phi) is 3.85. The van der Waals surface area contributed by atoms with Gasteiger partial charge in [-0.1, -0.05) is 0 Å². The maximum Gasteiger partial charge on any atom is 0.281 e. The fourth-order valence-corrected chi connectivity index (χ4v) is 10.2. The second-order valence-electron chi connectivity index (χ2n) is 3.48. The van der Waals surface area contributed by atoms with Gasteiger partial charge in [-0.25, -0.2) is 0 Å². The van der Waals surface area contributed by atoms with Crippen molar-refractivity contribution in [3.8, 4) is 0 Å². The van der Waals surface area contributed by atoms with Crippen molar-refractivity contribution in [1.82, 2.24) is 0 Å². The number of hydrogen-bond acceptors (Lipinski definition) is 2. The molecule has 0 aliphatic rings. The van der Waals surface area contributed by atoms with Gasteiger partial charge in [0.05, 0.1) is 0 Å². The summed E-state index contributed by atoms with van der Waals surface area (Å²) in [6, 6.07) is 0. The second-order valence-corrected chi connectivity index (χ2v) is 16.0. The van der Waals surface area contributed by atoms with Gasteiger partial charge < -0.3 is 8.58 Å².